The fraction of sp³-hybridized carbons (Fsp3) is 0.476. The van der Waals surface area contributed by atoms with Crippen molar-refractivity contribution < 1.29 is 24.2 Å². The monoisotopic (exact) mass is 356 g/mol. The number of phenols is 1. The zero-order chi connectivity index (χ0) is 18.3. The van der Waals surface area contributed by atoms with Crippen molar-refractivity contribution in [3.63, 3.8) is 0 Å². The van der Waals surface area contributed by atoms with Gasteiger partial charge in [-0.2, -0.15) is 0 Å². The third kappa shape index (κ3) is 3.41. The molecule has 138 valence electrons. The Hall–Kier alpha value is -2.11. The molecular formula is C21H26NO4+. The van der Waals surface area contributed by atoms with Crippen LogP contribution in [-0.4, -0.2) is 53.3 Å². The van der Waals surface area contributed by atoms with Gasteiger partial charge in [0.15, 0.2) is 23.9 Å². The minimum absolute atomic E-state index is 0.0138. The van der Waals surface area contributed by atoms with Gasteiger partial charge in [0, 0.05) is 23.8 Å². The van der Waals surface area contributed by atoms with E-state index in [4.69, 9.17) is 4.74 Å². The SMILES string of the molecule is C[N+]1(CC2CC2)C=CC2c3c(ccc(O)c3OCC(=O)C=CC2O)CC1. The van der Waals surface area contributed by atoms with Gasteiger partial charge in [0.2, 0.25) is 0 Å². The number of quaternary nitrogens is 1. The van der Waals surface area contributed by atoms with Crippen molar-refractivity contribution in [3.8, 4) is 11.5 Å². The summed E-state index contributed by atoms with van der Waals surface area (Å²) in [5.41, 5.74) is 1.86. The summed E-state index contributed by atoms with van der Waals surface area (Å²) >= 11 is 0. The molecule has 2 heterocycles. The van der Waals surface area contributed by atoms with E-state index in [0.717, 1.165) is 41.0 Å². The summed E-state index contributed by atoms with van der Waals surface area (Å²) in [6, 6.07) is 3.55. The van der Waals surface area contributed by atoms with E-state index in [0.29, 0.717) is 5.75 Å². The molecule has 0 saturated heterocycles. The molecule has 5 nitrogen and oxygen atoms in total. The Morgan fingerprint density at radius 1 is 1.27 bits per heavy atom. The molecule has 3 atom stereocenters. The Morgan fingerprint density at radius 3 is 2.85 bits per heavy atom. The van der Waals surface area contributed by atoms with Gasteiger partial charge in [-0.3, -0.25) is 9.28 Å². The van der Waals surface area contributed by atoms with Gasteiger partial charge in [0.1, 0.15) is 0 Å². The number of aliphatic hydroxyl groups is 1. The molecule has 0 radical (unpaired) electrons. The molecule has 2 aliphatic heterocycles. The first kappa shape index (κ1) is 17.3. The molecule has 0 bridgehead atoms. The number of ketones is 1. The van der Waals surface area contributed by atoms with Crippen LogP contribution in [0.3, 0.4) is 0 Å². The lowest BCUT2D eigenvalue weighted by atomic mass is 9.86. The number of benzene rings is 1. The van der Waals surface area contributed by atoms with Crippen LogP contribution >= 0.6 is 0 Å². The number of aromatic hydroxyl groups is 1. The highest BCUT2D eigenvalue weighted by molar-refractivity contribution is 5.91. The highest BCUT2D eigenvalue weighted by Crippen LogP contribution is 2.42. The summed E-state index contributed by atoms with van der Waals surface area (Å²) < 4.78 is 6.51. The minimum atomic E-state index is -0.844. The van der Waals surface area contributed by atoms with Crippen LogP contribution in [0.15, 0.2) is 36.6 Å². The Morgan fingerprint density at radius 2 is 2.08 bits per heavy atom. The second-order valence-electron chi connectivity index (χ2n) is 8.04. The second-order valence-corrected chi connectivity index (χ2v) is 8.04. The fourth-order valence-electron chi connectivity index (χ4n) is 4.06. The first-order chi connectivity index (χ1) is 12.5. The zero-order valence-corrected chi connectivity index (χ0v) is 15.1. The maximum Gasteiger partial charge on any atom is 0.192 e. The third-order valence-corrected chi connectivity index (χ3v) is 5.72. The van der Waals surface area contributed by atoms with Crippen LogP contribution in [0.5, 0.6) is 11.5 Å². The summed E-state index contributed by atoms with van der Waals surface area (Å²) in [6.07, 6.45) is 9.72. The van der Waals surface area contributed by atoms with Crippen molar-refractivity contribution >= 4 is 5.78 Å². The maximum absolute atomic E-state index is 11.9. The van der Waals surface area contributed by atoms with Gasteiger partial charge in [0.05, 0.1) is 32.4 Å². The van der Waals surface area contributed by atoms with E-state index in [9.17, 15) is 15.0 Å². The van der Waals surface area contributed by atoms with Crippen molar-refractivity contribution in [3.05, 3.63) is 47.7 Å². The summed E-state index contributed by atoms with van der Waals surface area (Å²) in [7, 11) is 2.23. The molecule has 1 aromatic rings. The lowest BCUT2D eigenvalue weighted by Gasteiger charge is -2.34. The average Bonchev–Trinajstić information content (AvgIpc) is 3.39. The van der Waals surface area contributed by atoms with Crippen molar-refractivity contribution in [1.29, 1.82) is 0 Å². The van der Waals surface area contributed by atoms with Crippen LogP contribution < -0.4 is 4.74 Å². The van der Waals surface area contributed by atoms with E-state index in [2.05, 4.69) is 13.2 Å². The van der Waals surface area contributed by atoms with Crippen LogP contribution in [0.1, 0.15) is 29.9 Å². The van der Waals surface area contributed by atoms with Gasteiger partial charge in [-0.1, -0.05) is 12.1 Å². The molecule has 4 rings (SSSR count). The van der Waals surface area contributed by atoms with Gasteiger partial charge in [-0.05, 0) is 36.6 Å². The molecule has 0 amide bonds. The number of nitrogens with zero attached hydrogens (tertiary/aromatic N) is 1. The normalized spacial score (nSPS) is 31.1. The lowest BCUT2D eigenvalue weighted by Crippen LogP contribution is -2.43. The van der Waals surface area contributed by atoms with Crippen LogP contribution in [0.2, 0.25) is 0 Å². The Kier molecular flexibility index (Phi) is 4.37. The van der Waals surface area contributed by atoms with E-state index >= 15 is 0 Å². The van der Waals surface area contributed by atoms with Gasteiger partial charge >= 0.3 is 0 Å². The third-order valence-electron chi connectivity index (χ3n) is 5.72. The number of ether oxygens (including phenoxy) is 1. The number of carbonyl (C=O) groups is 1. The van der Waals surface area contributed by atoms with E-state index in [1.165, 1.54) is 25.0 Å². The first-order valence-electron chi connectivity index (χ1n) is 9.35. The van der Waals surface area contributed by atoms with E-state index < -0.39 is 6.10 Å². The van der Waals surface area contributed by atoms with Crippen molar-refractivity contribution in [2.24, 2.45) is 5.92 Å². The number of aliphatic hydroxyl groups excluding tert-OH is 1. The number of likely N-dealkylation sites (N-methyl/N-ethyl adjacent to an activating group) is 1. The summed E-state index contributed by atoms with van der Waals surface area (Å²) in [4.78, 5) is 11.9. The van der Waals surface area contributed by atoms with Crippen LogP contribution in [0, 0.1) is 5.92 Å². The number of carbonyl (C=O) groups excluding carboxylic acids is 1. The minimum Gasteiger partial charge on any atom is -0.504 e. The maximum atomic E-state index is 11.9. The van der Waals surface area contributed by atoms with Gasteiger partial charge in [-0.25, -0.2) is 0 Å². The molecule has 0 aromatic heterocycles. The van der Waals surface area contributed by atoms with Crippen LogP contribution in [0.25, 0.3) is 0 Å². The average molecular weight is 356 g/mol. The standard InChI is InChI=1S/C21H25NO4/c1-22(12-14-2-3-14)10-8-15-4-6-19(25)21-20(15)17(9-11-22)18(24)7-5-16(23)13-26-21/h4-7,9,11,14,17-18,24H,2-3,8,10,12-13H2,1H3/p+1. The zero-order valence-electron chi connectivity index (χ0n) is 15.1. The summed E-state index contributed by atoms with van der Waals surface area (Å²) in [5.74, 6) is 0.552. The smallest absolute Gasteiger partial charge is 0.192 e. The molecule has 5 heteroatoms. The molecule has 1 aliphatic carbocycles. The Balaban J connectivity index is 1.81. The molecular weight excluding hydrogens is 330 g/mol. The molecule has 1 aromatic carbocycles. The van der Waals surface area contributed by atoms with Crippen LogP contribution in [-0.2, 0) is 11.2 Å². The first-order valence-corrected chi connectivity index (χ1v) is 9.35. The Labute approximate surface area is 153 Å². The van der Waals surface area contributed by atoms with Gasteiger partial charge < -0.3 is 14.9 Å². The van der Waals surface area contributed by atoms with Crippen molar-refractivity contribution in [1.82, 2.24) is 0 Å². The largest absolute Gasteiger partial charge is 0.504 e. The summed E-state index contributed by atoms with van der Waals surface area (Å²) in [5, 5.41) is 21.1. The summed E-state index contributed by atoms with van der Waals surface area (Å²) in [6.45, 7) is 1.94. The van der Waals surface area contributed by atoms with Gasteiger partial charge in [-0.15, -0.1) is 0 Å². The second kappa shape index (κ2) is 6.56. The Bertz CT molecular complexity index is 780. The fourth-order valence-corrected chi connectivity index (χ4v) is 4.06. The molecule has 1 saturated carbocycles. The quantitative estimate of drug-likeness (QED) is 0.798. The lowest BCUT2D eigenvalue weighted by molar-refractivity contribution is -0.861. The highest BCUT2D eigenvalue weighted by atomic mass is 16.5. The molecule has 3 aliphatic rings. The highest BCUT2D eigenvalue weighted by Gasteiger charge is 2.35. The van der Waals surface area contributed by atoms with E-state index in [-0.39, 0.29) is 24.1 Å². The van der Waals surface area contributed by atoms with Crippen molar-refractivity contribution in [2.75, 3.05) is 26.7 Å². The predicted octanol–water partition coefficient (Wildman–Crippen LogP) is 2.28. The van der Waals surface area contributed by atoms with E-state index in [1.807, 2.05) is 12.1 Å². The number of phenolic OH excluding ortho intramolecular Hbond substituents is 1. The number of rotatable bonds is 2. The van der Waals surface area contributed by atoms with E-state index in [1.54, 1.807) is 6.07 Å². The topological polar surface area (TPSA) is 66.8 Å². The van der Waals surface area contributed by atoms with Crippen LogP contribution in [0.4, 0.5) is 0 Å². The predicted molar refractivity (Wildman–Crippen MR) is 98.0 cm³/mol. The number of hydrogen-bond acceptors (Lipinski definition) is 4. The molecule has 3 unspecified atom stereocenters. The molecule has 2 N–H and O–H groups in total. The van der Waals surface area contributed by atoms with Gasteiger partial charge in [0.25, 0.3) is 0 Å². The number of hydrogen-bond donors (Lipinski definition) is 2. The van der Waals surface area contributed by atoms with Crippen molar-refractivity contribution in [2.45, 2.75) is 31.3 Å². The molecule has 1 fully saturated rings. The molecule has 0 spiro atoms. The molecule has 26 heavy (non-hydrogen) atoms.